The van der Waals surface area contributed by atoms with Crippen molar-refractivity contribution < 1.29 is 8.42 Å². The van der Waals surface area contributed by atoms with E-state index in [9.17, 15) is 8.42 Å². The molecule has 1 aromatic rings. The van der Waals surface area contributed by atoms with Gasteiger partial charge in [-0.15, -0.1) is 0 Å². The molecule has 6 nitrogen and oxygen atoms in total. The minimum absolute atomic E-state index is 0.115. The third kappa shape index (κ3) is 4.57. The van der Waals surface area contributed by atoms with Gasteiger partial charge in [-0.1, -0.05) is 24.3 Å². The van der Waals surface area contributed by atoms with Crippen molar-refractivity contribution in [2.24, 2.45) is 10.1 Å². The van der Waals surface area contributed by atoms with E-state index in [2.05, 4.69) is 27.8 Å². The summed E-state index contributed by atoms with van der Waals surface area (Å²) in [5, 5.41) is 11.6. The van der Waals surface area contributed by atoms with E-state index in [1.54, 1.807) is 19.2 Å². The summed E-state index contributed by atoms with van der Waals surface area (Å²) in [6.45, 7) is 0.475. The Hall–Kier alpha value is -1.86. The van der Waals surface area contributed by atoms with E-state index in [0.717, 1.165) is 18.4 Å². The second-order valence-electron chi connectivity index (χ2n) is 4.90. The fraction of sp³-hybridized carbons (Fsp3) is 0.357. The van der Waals surface area contributed by atoms with Crippen LogP contribution in [0.4, 0.5) is 0 Å². The third-order valence-electron chi connectivity index (χ3n) is 3.26. The van der Waals surface area contributed by atoms with Crippen molar-refractivity contribution in [1.82, 2.24) is 10.6 Å². The predicted molar refractivity (Wildman–Crippen MR) is 83.3 cm³/mol. The van der Waals surface area contributed by atoms with Crippen LogP contribution >= 0.6 is 0 Å². The van der Waals surface area contributed by atoms with Gasteiger partial charge in [-0.25, -0.2) is 13.6 Å². The van der Waals surface area contributed by atoms with Crippen molar-refractivity contribution in [3.05, 3.63) is 42.0 Å². The van der Waals surface area contributed by atoms with E-state index in [1.165, 1.54) is 6.07 Å². The van der Waals surface area contributed by atoms with Gasteiger partial charge in [0.1, 0.15) is 0 Å². The first kappa shape index (κ1) is 15.5. The van der Waals surface area contributed by atoms with Crippen LogP contribution in [0, 0.1) is 0 Å². The number of nitrogens with two attached hydrogens (primary N) is 1. The Bertz CT molecular complexity index is 645. The van der Waals surface area contributed by atoms with Crippen LogP contribution in [0.5, 0.6) is 0 Å². The molecule has 1 aromatic carbocycles. The summed E-state index contributed by atoms with van der Waals surface area (Å²) in [6, 6.07) is 6.93. The van der Waals surface area contributed by atoms with E-state index < -0.39 is 10.0 Å². The van der Waals surface area contributed by atoms with Crippen LogP contribution in [0.25, 0.3) is 0 Å². The highest BCUT2D eigenvalue weighted by atomic mass is 32.2. The Morgan fingerprint density at radius 1 is 1.38 bits per heavy atom. The van der Waals surface area contributed by atoms with Gasteiger partial charge in [-0.3, -0.25) is 4.99 Å². The van der Waals surface area contributed by atoms with E-state index >= 15 is 0 Å². The quantitative estimate of drug-likeness (QED) is 0.434. The van der Waals surface area contributed by atoms with Gasteiger partial charge in [-0.2, -0.15) is 0 Å². The molecule has 0 fully saturated rings. The van der Waals surface area contributed by atoms with Crippen molar-refractivity contribution in [3.8, 4) is 0 Å². The standard InChI is InChI=1S/C14H20N4O2S/c1-16-14(18-12-6-2-3-7-12)17-10-11-5-4-8-13(9-11)21(15,19)20/h2-5,8-9,12H,6-7,10H2,1H3,(H2,15,19,20)(H2,16,17,18). The zero-order valence-corrected chi connectivity index (χ0v) is 12.7. The second kappa shape index (κ2) is 6.73. The second-order valence-corrected chi connectivity index (χ2v) is 6.46. The molecular formula is C14H20N4O2S. The molecule has 0 aliphatic heterocycles. The number of guanidine groups is 1. The number of nitrogens with one attached hydrogen (secondary N) is 2. The summed E-state index contributed by atoms with van der Waals surface area (Å²) < 4.78 is 22.6. The molecule has 0 unspecified atom stereocenters. The van der Waals surface area contributed by atoms with Crippen LogP contribution in [0.1, 0.15) is 18.4 Å². The molecular weight excluding hydrogens is 288 g/mol. The van der Waals surface area contributed by atoms with Gasteiger partial charge in [0.15, 0.2) is 5.96 Å². The van der Waals surface area contributed by atoms with Gasteiger partial charge in [0.25, 0.3) is 0 Å². The summed E-state index contributed by atoms with van der Waals surface area (Å²) in [4.78, 5) is 4.28. The van der Waals surface area contributed by atoms with Gasteiger partial charge in [0.05, 0.1) is 4.90 Å². The van der Waals surface area contributed by atoms with Gasteiger partial charge >= 0.3 is 0 Å². The highest BCUT2D eigenvalue weighted by molar-refractivity contribution is 7.89. The average molecular weight is 308 g/mol. The predicted octanol–water partition coefficient (Wildman–Crippen LogP) is 0.718. The van der Waals surface area contributed by atoms with Crippen molar-refractivity contribution in [1.29, 1.82) is 0 Å². The van der Waals surface area contributed by atoms with Gasteiger partial charge in [0.2, 0.25) is 10.0 Å². The summed E-state index contributed by atoms with van der Waals surface area (Å²) in [5.41, 5.74) is 0.828. The Labute approximate surface area is 125 Å². The SMILES string of the molecule is CN=C(NCc1cccc(S(N)(=O)=O)c1)NC1CC=CC1. The van der Waals surface area contributed by atoms with E-state index in [0.29, 0.717) is 18.5 Å². The first-order valence-electron chi connectivity index (χ1n) is 6.73. The van der Waals surface area contributed by atoms with Crippen molar-refractivity contribution in [2.45, 2.75) is 30.3 Å². The lowest BCUT2D eigenvalue weighted by atomic mass is 10.2. The third-order valence-corrected chi connectivity index (χ3v) is 4.17. The van der Waals surface area contributed by atoms with Crippen LogP contribution in [0.15, 0.2) is 46.3 Å². The number of aliphatic imine (C=N–C) groups is 1. The van der Waals surface area contributed by atoms with Gasteiger partial charge in [0, 0.05) is 19.6 Å². The first-order chi connectivity index (χ1) is 9.99. The molecule has 0 aromatic heterocycles. The smallest absolute Gasteiger partial charge is 0.238 e. The Morgan fingerprint density at radius 3 is 2.71 bits per heavy atom. The van der Waals surface area contributed by atoms with E-state index in [-0.39, 0.29) is 4.90 Å². The zero-order valence-electron chi connectivity index (χ0n) is 11.9. The van der Waals surface area contributed by atoms with Gasteiger partial charge in [-0.05, 0) is 30.5 Å². The minimum Gasteiger partial charge on any atom is -0.353 e. The van der Waals surface area contributed by atoms with Crippen LogP contribution in [-0.4, -0.2) is 27.5 Å². The monoisotopic (exact) mass is 308 g/mol. The highest BCUT2D eigenvalue weighted by Crippen LogP contribution is 2.10. The molecule has 2 rings (SSSR count). The maximum atomic E-state index is 11.3. The normalized spacial score (nSPS) is 16.2. The summed E-state index contributed by atoms with van der Waals surface area (Å²) in [7, 11) is -1.96. The molecule has 1 aliphatic rings. The lowest BCUT2D eigenvalue weighted by molar-refractivity contribution is 0.597. The Kier molecular flexibility index (Phi) is 4.98. The molecule has 4 N–H and O–H groups in total. The molecule has 0 atom stereocenters. The molecule has 0 radical (unpaired) electrons. The first-order valence-corrected chi connectivity index (χ1v) is 8.27. The largest absolute Gasteiger partial charge is 0.353 e. The summed E-state index contributed by atoms with van der Waals surface area (Å²) in [6.07, 6.45) is 6.25. The molecule has 0 bridgehead atoms. The van der Waals surface area contributed by atoms with Gasteiger partial charge < -0.3 is 10.6 Å². The van der Waals surface area contributed by atoms with Crippen LogP contribution < -0.4 is 15.8 Å². The summed E-state index contributed by atoms with van der Waals surface area (Å²) >= 11 is 0. The summed E-state index contributed by atoms with van der Waals surface area (Å²) in [5.74, 6) is 0.699. The number of benzene rings is 1. The van der Waals surface area contributed by atoms with Crippen LogP contribution in [0.3, 0.4) is 0 Å². The lowest BCUT2D eigenvalue weighted by Crippen LogP contribution is -2.42. The fourth-order valence-electron chi connectivity index (χ4n) is 2.14. The molecule has 21 heavy (non-hydrogen) atoms. The zero-order chi connectivity index (χ0) is 15.3. The average Bonchev–Trinajstić information content (AvgIpc) is 2.95. The lowest BCUT2D eigenvalue weighted by Gasteiger charge is -2.17. The molecule has 1 aliphatic carbocycles. The molecule has 0 heterocycles. The molecule has 114 valence electrons. The molecule has 7 heteroatoms. The number of hydrogen-bond acceptors (Lipinski definition) is 3. The minimum atomic E-state index is -3.67. The van der Waals surface area contributed by atoms with E-state index in [4.69, 9.17) is 5.14 Å². The van der Waals surface area contributed by atoms with E-state index in [1.807, 2.05) is 6.07 Å². The highest BCUT2D eigenvalue weighted by Gasteiger charge is 2.12. The number of primary sulfonamides is 1. The van der Waals surface area contributed by atoms with Crippen LogP contribution in [-0.2, 0) is 16.6 Å². The number of nitrogens with zero attached hydrogens (tertiary/aromatic N) is 1. The maximum Gasteiger partial charge on any atom is 0.238 e. The Balaban J connectivity index is 1.95. The fourth-order valence-corrected chi connectivity index (χ4v) is 2.73. The molecule has 0 amide bonds. The van der Waals surface area contributed by atoms with Crippen molar-refractivity contribution in [2.75, 3.05) is 7.05 Å². The van der Waals surface area contributed by atoms with Crippen molar-refractivity contribution >= 4 is 16.0 Å². The Morgan fingerprint density at radius 2 is 2.10 bits per heavy atom. The number of sulfonamides is 1. The van der Waals surface area contributed by atoms with Crippen LogP contribution in [0.2, 0.25) is 0 Å². The number of rotatable bonds is 4. The van der Waals surface area contributed by atoms with Crippen molar-refractivity contribution in [3.63, 3.8) is 0 Å². The molecule has 0 saturated carbocycles. The molecule has 0 spiro atoms. The number of hydrogen-bond donors (Lipinski definition) is 3. The molecule has 0 saturated heterocycles. The topological polar surface area (TPSA) is 96.6 Å². The maximum absolute atomic E-state index is 11.3.